The lowest BCUT2D eigenvalue weighted by molar-refractivity contribution is 0.0537. The van der Waals surface area contributed by atoms with E-state index in [1.54, 1.807) is 42.1 Å². The summed E-state index contributed by atoms with van der Waals surface area (Å²) in [7, 11) is 1.38. The standard InChI is InChI=1S/C21H15FN2O2S/c1-26-24-21(25)13-10-11-19-17(12-13)23-20(14-6-2-4-8-16(14)22)15-7-3-5-9-18(15)27-19/h2-12H,1H3,(H,24,25). The molecular formula is C21H15FN2O2S. The van der Waals surface area contributed by atoms with Gasteiger partial charge >= 0.3 is 0 Å². The van der Waals surface area contributed by atoms with E-state index in [0.29, 0.717) is 22.5 Å². The average Bonchev–Trinajstić information content (AvgIpc) is 2.84. The van der Waals surface area contributed by atoms with Crippen molar-refractivity contribution in [3.63, 3.8) is 0 Å². The molecule has 0 aliphatic carbocycles. The number of rotatable bonds is 3. The van der Waals surface area contributed by atoms with E-state index in [1.807, 2.05) is 30.3 Å². The second-order valence-corrected chi connectivity index (χ2v) is 6.94. The number of hydrogen-bond donors (Lipinski definition) is 1. The van der Waals surface area contributed by atoms with E-state index >= 15 is 0 Å². The Balaban J connectivity index is 1.92. The number of hydroxylamine groups is 1. The monoisotopic (exact) mass is 378 g/mol. The van der Waals surface area contributed by atoms with Crippen LogP contribution in [0.3, 0.4) is 0 Å². The molecule has 1 aliphatic heterocycles. The zero-order valence-corrected chi connectivity index (χ0v) is 15.2. The molecule has 0 bridgehead atoms. The van der Waals surface area contributed by atoms with Crippen molar-refractivity contribution in [1.82, 2.24) is 5.48 Å². The third-order valence-electron chi connectivity index (χ3n) is 4.14. The number of carbonyl (C=O) groups excluding carboxylic acids is 1. The summed E-state index contributed by atoms with van der Waals surface area (Å²) in [5.74, 6) is -0.706. The van der Waals surface area contributed by atoms with Crippen LogP contribution in [0.4, 0.5) is 10.1 Å². The number of nitrogens with one attached hydrogen (secondary N) is 1. The molecule has 0 aromatic heterocycles. The van der Waals surface area contributed by atoms with Crippen molar-refractivity contribution < 1.29 is 14.0 Å². The van der Waals surface area contributed by atoms with E-state index in [2.05, 4.69) is 5.48 Å². The summed E-state index contributed by atoms with van der Waals surface area (Å²) in [6, 6.07) is 19.6. The number of benzene rings is 3. The quantitative estimate of drug-likeness (QED) is 0.524. The van der Waals surface area contributed by atoms with Crippen LogP contribution in [-0.2, 0) is 4.84 Å². The minimum absolute atomic E-state index is 0.340. The van der Waals surface area contributed by atoms with Crippen LogP contribution in [0, 0.1) is 5.82 Å². The summed E-state index contributed by atoms with van der Waals surface area (Å²) in [5, 5.41) is 0. The highest BCUT2D eigenvalue weighted by molar-refractivity contribution is 7.99. The SMILES string of the molecule is CONC(=O)c1ccc2c(c1)N=C(c1ccccc1F)c1ccccc1S2. The molecule has 1 aliphatic rings. The number of hydrogen-bond acceptors (Lipinski definition) is 4. The van der Waals surface area contributed by atoms with Crippen LogP contribution in [0.5, 0.6) is 0 Å². The van der Waals surface area contributed by atoms with Gasteiger partial charge in [-0.15, -0.1) is 0 Å². The summed E-state index contributed by atoms with van der Waals surface area (Å²) < 4.78 is 14.5. The molecule has 0 radical (unpaired) electrons. The normalized spacial score (nSPS) is 12.4. The first-order valence-corrected chi connectivity index (χ1v) is 9.07. The van der Waals surface area contributed by atoms with Crippen LogP contribution in [0.15, 0.2) is 81.5 Å². The smallest absolute Gasteiger partial charge is 0.274 e. The van der Waals surface area contributed by atoms with Gasteiger partial charge in [-0.05, 0) is 36.4 Å². The van der Waals surface area contributed by atoms with E-state index in [-0.39, 0.29) is 11.7 Å². The van der Waals surface area contributed by atoms with Gasteiger partial charge in [0.05, 0.1) is 18.5 Å². The van der Waals surface area contributed by atoms with Crippen LogP contribution < -0.4 is 5.48 Å². The Morgan fingerprint density at radius 3 is 2.52 bits per heavy atom. The molecule has 3 aromatic carbocycles. The molecule has 6 heteroatoms. The molecule has 4 rings (SSSR count). The Kier molecular flexibility index (Phi) is 4.75. The minimum Gasteiger partial charge on any atom is -0.277 e. The molecule has 0 saturated heterocycles. The molecule has 0 saturated carbocycles. The summed E-state index contributed by atoms with van der Waals surface area (Å²) >= 11 is 1.54. The fourth-order valence-electron chi connectivity index (χ4n) is 2.89. The van der Waals surface area contributed by atoms with Crippen molar-refractivity contribution in [2.75, 3.05) is 7.11 Å². The fourth-order valence-corrected chi connectivity index (χ4v) is 3.90. The molecule has 3 aromatic rings. The fraction of sp³-hybridized carbons (Fsp3) is 0.0476. The van der Waals surface area contributed by atoms with Crippen molar-refractivity contribution in [3.8, 4) is 0 Å². The average molecular weight is 378 g/mol. The van der Waals surface area contributed by atoms with Gasteiger partial charge in [0, 0.05) is 26.5 Å². The van der Waals surface area contributed by atoms with Gasteiger partial charge < -0.3 is 0 Å². The second-order valence-electron chi connectivity index (χ2n) is 5.86. The lowest BCUT2D eigenvalue weighted by Crippen LogP contribution is -2.21. The summed E-state index contributed by atoms with van der Waals surface area (Å²) in [5.41, 5.74) is 5.14. The predicted molar refractivity (Wildman–Crippen MR) is 103 cm³/mol. The van der Waals surface area contributed by atoms with Gasteiger partial charge in [-0.25, -0.2) is 14.9 Å². The molecule has 0 fully saturated rings. The maximum absolute atomic E-state index is 14.5. The lowest BCUT2D eigenvalue weighted by atomic mass is 10.0. The highest BCUT2D eigenvalue weighted by Gasteiger charge is 2.21. The van der Waals surface area contributed by atoms with Gasteiger partial charge in [0.15, 0.2) is 0 Å². The number of amides is 1. The number of carbonyl (C=O) groups is 1. The van der Waals surface area contributed by atoms with E-state index in [0.717, 1.165) is 15.4 Å². The number of halogens is 1. The van der Waals surface area contributed by atoms with Crippen molar-refractivity contribution in [2.24, 2.45) is 4.99 Å². The number of aliphatic imine (C=N–C) groups is 1. The van der Waals surface area contributed by atoms with Crippen LogP contribution in [0.1, 0.15) is 21.5 Å². The molecule has 1 N–H and O–H groups in total. The van der Waals surface area contributed by atoms with Gasteiger partial charge in [-0.2, -0.15) is 0 Å². The Labute approximate surface area is 160 Å². The van der Waals surface area contributed by atoms with Crippen LogP contribution >= 0.6 is 11.8 Å². The Morgan fingerprint density at radius 2 is 1.74 bits per heavy atom. The second kappa shape index (κ2) is 7.34. The number of nitrogens with zero attached hydrogens (tertiary/aromatic N) is 1. The Bertz CT molecular complexity index is 1070. The molecule has 27 heavy (non-hydrogen) atoms. The summed E-state index contributed by atoms with van der Waals surface area (Å²) in [4.78, 5) is 23.4. The molecular weight excluding hydrogens is 363 g/mol. The molecule has 0 atom stereocenters. The first-order chi connectivity index (χ1) is 13.2. The maximum Gasteiger partial charge on any atom is 0.274 e. The van der Waals surface area contributed by atoms with E-state index < -0.39 is 0 Å². The maximum atomic E-state index is 14.5. The van der Waals surface area contributed by atoms with Crippen molar-refractivity contribution in [1.29, 1.82) is 0 Å². The van der Waals surface area contributed by atoms with Gasteiger partial charge in [-0.3, -0.25) is 9.63 Å². The van der Waals surface area contributed by atoms with Gasteiger partial charge in [-0.1, -0.05) is 42.1 Å². The topological polar surface area (TPSA) is 50.7 Å². The molecule has 134 valence electrons. The van der Waals surface area contributed by atoms with Crippen LogP contribution in [0.2, 0.25) is 0 Å². The molecule has 0 spiro atoms. The summed E-state index contributed by atoms with van der Waals surface area (Å²) in [6.45, 7) is 0. The van der Waals surface area contributed by atoms with Crippen LogP contribution in [-0.4, -0.2) is 18.7 Å². The van der Waals surface area contributed by atoms with Crippen molar-refractivity contribution in [2.45, 2.75) is 9.79 Å². The zero-order chi connectivity index (χ0) is 18.8. The lowest BCUT2D eigenvalue weighted by Gasteiger charge is -2.09. The zero-order valence-electron chi connectivity index (χ0n) is 14.4. The van der Waals surface area contributed by atoms with Gasteiger partial charge in [0.2, 0.25) is 0 Å². The van der Waals surface area contributed by atoms with Gasteiger partial charge in [0.25, 0.3) is 5.91 Å². The van der Waals surface area contributed by atoms with E-state index in [9.17, 15) is 9.18 Å². The Morgan fingerprint density at radius 1 is 1.00 bits per heavy atom. The first-order valence-electron chi connectivity index (χ1n) is 8.25. The first kappa shape index (κ1) is 17.5. The summed E-state index contributed by atoms with van der Waals surface area (Å²) in [6.07, 6.45) is 0. The minimum atomic E-state index is -0.366. The van der Waals surface area contributed by atoms with Crippen molar-refractivity contribution in [3.05, 3.63) is 89.2 Å². The third-order valence-corrected chi connectivity index (χ3v) is 5.28. The van der Waals surface area contributed by atoms with Gasteiger partial charge in [0.1, 0.15) is 5.82 Å². The Hall–Kier alpha value is -2.96. The highest BCUT2D eigenvalue weighted by atomic mass is 32.2. The third kappa shape index (κ3) is 3.37. The molecule has 1 heterocycles. The van der Waals surface area contributed by atoms with Crippen LogP contribution in [0.25, 0.3) is 0 Å². The predicted octanol–water partition coefficient (Wildman–Crippen LogP) is 4.75. The number of fused-ring (bicyclic) bond motifs is 2. The van der Waals surface area contributed by atoms with Crippen molar-refractivity contribution >= 4 is 29.1 Å². The largest absolute Gasteiger partial charge is 0.277 e. The van der Waals surface area contributed by atoms with E-state index in [4.69, 9.17) is 9.83 Å². The molecule has 1 amide bonds. The van der Waals surface area contributed by atoms with E-state index in [1.165, 1.54) is 13.2 Å². The molecule has 4 nitrogen and oxygen atoms in total. The highest BCUT2D eigenvalue weighted by Crippen LogP contribution is 2.41. The molecule has 0 unspecified atom stereocenters.